The second-order valence-corrected chi connectivity index (χ2v) is 7.10. The molecule has 0 aliphatic carbocycles. The van der Waals surface area contributed by atoms with Crippen molar-refractivity contribution in [3.63, 3.8) is 0 Å². The van der Waals surface area contributed by atoms with Gasteiger partial charge in [-0.2, -0.15) is 4.98 Å². The second kappa shape index (κ2) is 6.02. The van der Waals surface area contributed by atoms with Crippen LogP contribution in [-0.4, -0.2) is 59.2 Å². The number of fused-ring (bicyclic) bond motifs is 3. The minimum absolute atomic E-state index is 0.239. The Morgan fingerprint density at radius 1 is 1.24 bits per heavy atom. The third kappa shape index (κ3) is 3.44. The van der Waals surface area contributed by atoms with Crippen LogP contribution in [0.2, 0.25) is 0 Å². The number of piperazine rings is 3. The SMILES string of the molecule is CC(C)(CCN)CCc1nc(C2CN3CCN2CC3)no1. The summed E-state index contributed by atoms with van der Waals surface area (Å²) >= 11 is 0. The summed E-state index contributed by atoms with van der Waals surface area (Å²) in [7, 11) is 0. The highest BCUT2D eigenvalue weighted by molar-refractivity contribution is 5.01. The molecule has 4 heterocycles. The highest BCUT2D eigenvalue weighted by atomic mass is 16.5. The van der Waals surface area contributed by atoms with E-state index in [9.17, 15) is 0 Å². The number of aromatic nitrogens is 2. The maximum atomic E-state index is 5.66. The number of rotatable bonds is 6. The Kier molecular flexibility index (Phi) is 4.28. The van der Waals surface area contributed by atoms with Crippen LogP contribution in [0.3, 0.4) is 0 Å². The van der Waals surface area contributed by atoms with Gasteiger partial charge in [0.05, 0.1) is 6.04 Å². The lowest BCUT2D eigenvalue weighted by Gasteiger charge is -2.46. The largest absolute Gasteiger partial charge is 0.339 e. The fourth-order valence-electron chi connectivity index (χ4n) is 3.33. The van der Waals surface area contributed by atoms with Crippen molar-refractivity contribution in [2.45, 2.75) is 39.2 Å². The highest BCUT2D eigenvalue weighted by Gasteiger charge is 2.35. The van der Waals surface area contributed by atoms with Crippen LogP contribution in [0.25, 0.3) is 0 Å². The van der Waals surface area contributed by atoms with E-state index in [2.05, 4.69) is 33.8 Å². The Morgan fingerprint density at radius 2 is 2.00 bits per heavy atom. The highest BCUT2D eigenvalue weighted by Crippen LogP contribution is 2.28. The molecule has 3 fully saturated rings. The van der Waals surface area contributed by atoms with E-state index in [1.165, 1.54) is 13.1 Å². The average Bonchev–Trinajstić information content (AvgIpc) is 2.95. The summed E-state index contributed by atoms with van der Waals surface area (Å²) in [4.78, 5) is 9.61. The Labute approximate surface area is 126 Å². The zero-order valence-electron chi connectivity index (χ0n) is 13.2. The molecule has 21 heavy (non-hydrogen) atoms. The van der Waals surface area contributed by atoms with Crippen LogP contribution in [0.5, 0.6) is 0 Å². The maximum absolute atomic E-state index is 5.66. The van der Waals surface area contributed by atoms with Crippen molar-refractivity contribution >= 4 is 0 Å². The molecule has 3 aliphatic rings. The van der Waals surface area contributed by atoms with Gasteiger partial charge in [0.25, 0.3) is 0 Å². The molecule has 0 amide bonds. The normalized spacial score (nSPS) is 29.0. The molecule has 0 aromatic carbocycles. The Morgan fingerprint density at radius 3 is 2.62 bits per heavy atom. The van der Waals surface area contributed by atoms with Gasteiger partial charge in [-0.15, -0.1) is 0 Å². The van der Waals surface area contributed by atoms with E-state index < -0.39 is 0 Å². The molecule has 3 saturated heterocycles. The van der Waals surface area contributed by atoms with Crippen LogP contribution in [-0.2, 0) is 6.42 Å². The molecule has 0 spiro atoms. The summed E-state index contributed by atoms with van der Waals surface area (Å²) in [5.41, 5.74) is 5.90. The molecule has 1 atom stereocenters. The minimum Gasteiger partial charge on any atom is -0.339 e. The number of hydrogen-bond acceptors (Lipinski definition) is 6. The molecule has 2 N–H and O–H groups in total. The first-order valence-electron chi connectivity index (χ1n) is 8.06. The number of hydrogen-bond donors (Lipinski definition) is 1. The van der Waals surface area contributed by atoms with Gasteiger partial charge in [-0.25, -0.2) is 0 Å². The predicted octanol–water partition coefficient (Wildman–Crippen LogP) is 1.05. The first-order chi connectivity index (χ1) is 10.1. The van der Waals surface area contributed by atoms with E-state index in [0.717, 1.165) is 57.2 Å². The molecule has 0 saturated carbocycles. The molecule has 3 aliphatic heterocycles. The number of nitrogens with zero attached hydrogens (tertiary/aromatic N) is 4. The monoisotopic (exact) mass is 293 g/mol. The van der Waals surface area contributed by atoms with E-state index in [1.54, 1.807) is 0 Å². The summed E-state index contributed by atoms with van der Waals surface area (Å²) in [5, 5.41) is 4.23. The molecule has 1 unspecified atom stereocenters. The third-order valence-electron chi connectivity index (χ3n) is 4.90. The number of aryl methyl sites for hydroxylation is 1. The van der Waals surface area contributed by atoms with Gasteiger partial charge in [-0.1, -0.05) is 19.0 Å². The zero-order chi connectivity index (χ0) is 14.9. The molecule has 4 rings (SSSR count). The molecular formula is C15H27N5O. The van der Waals surface area contributed by atoms with Gasteiger partial charge >= 0.3 is 0 Å². The quantitative estimate of drug-likeness (QED) is 0.845. The van der Waals surface area contributed by atoms with Gasteiger partial charge in [0, 0.05) is 39.1 Å². The predicted molar refractivity (Wildman–Crippen MR) is 80.8 cm³/mol. The Hall–Kier alpha value is -0.980. The van der Waals surface area contributed by atoms with Crippen molar-refractivity contribution in [1.82, 2.24) is 19.9 Å². The van der Waals surface area contributed by atoms with Crippen LogP contribution >= 0.6 is 0 Å². The lowest BCUT2D eigenvalue weighted by molar-refractivity contribution is 0.00781. The van der Waals surface area contributed by atoms with E-state index in [4.69, 9.17) is 10.3 Å². The van der Waals surface area contributed by atoms with Gasteiger partial charge in [0.2, 0.25) is 5.89 Å². The van der Waals surface area contributed by atoms with Crippen LogP contribution in [0.4, 0.5) is 0 Å². The van der Waals surface area contributed by atoms with E-state index in [-0.39, 0.29) is 5.41 Å². The van der Waals surface area contributed by atoms with Gasteiger partial charge in [-0.05, 0) is 24.8 Å². The molecule has 118 valence electrons. The first-order valence-corrected chi connectivity index (χ1v) is 8.06. The number of nitrogens with two attached hydrogens (primary N) is 1. The van der Waals surface area contributed by atoms with Gasteiger partial charge in [0.15, 0.2) is 5.82 Å². The topological polar surface area (TPSA) is 71.4 Å². The van der Waals surface area contributed by atoms with Crippen LogP contribution < -0.4 is 5.73 Å². The smallest absolute Gasteiger partial charge is 0.226 e. The standard InChI is InChI=1S/C15H27N5O/c1-15(2,5-6-16)4-3-13-17-14(18-21-13)12-11-19-7-9-20(12)10-8-19/h12H,3-11,16H2,1-2H3. The third-order valence-corrected chi connectivity index (χ3v) is 4.90. The van der Waals surface area contributed by atoms with E-state index >= 15 is 0 Å². The maximum Gasteiger partial charge on any atom is 0.226 e. The van der Waals surface area contributed by atoms with Crippen LogP contribution in [0.15, 0.2) is 4.52 Å². The van der Waals surface area contributed by atoms with Crippen molar-refractivity contribution in [2.75, 3.05) is 39.3 Å². The first kappa shape index (κ1) is 14.9. The van der Waals surface area contributed by atoms with Gasteiger partial charge in [-0.3, -0.25) is 9.80 Å². The van der Waals surface area contributed by atoms with Crippen molar-refractivity contribution < 1.29 is 4.52 Å². The lowest BCUT2D eigenvalue weighted by atomic mass is 9.84. The van der Waals surface area contributed by atoms with E-state index in [1.807, 2.05) is 0 Å². The lowest BCUT2D eigenvalue weighted by Crippen LogP contribution is -2.57. The molecule has 2 bridgehead atoms. The average molecular weight is 293 g/mol. The molecule has 0 radical (unpaired) electrons. The summed E-state index contributed by atoms with van der Waals surface area (Å²) < 4.78 is 5.46. The molecular weight excluding hydrogens is 266 g/mol. The summed E-state index contributed by atoms with van der Waals surface area (Å²) in [5.74, 6) is 1.64. The summed E-state index contributed by atoms with van der Waals surface area (Å²) in [6.07, 6.45) is 2.90. The van der Waals surface area contributed by atoms with Crippen molar-refractivity contribution in [1.29, 1.82) is 0 Å². The molecule has 1 aromatic heterocycles. The van der Waals surface area contributed by atoms with Crippen molar-refractivity contribution in [2.24, 2.45) is 11.1 Å². The summed E-state index contributed by atoms with van der Waals surface area (Å²) in [6.45, 7) is 10.9. The molecule has 6 heteroatoms. The van der Waals surface area contributed by atoms with E-state index in [0.29, 0.717) is 6.04 Å². The van der Waals surface area contributed by atoms with Gasteiger partial charge < -0.3 is 10.3 Å². The van der Waals surface area contributed by atoms with Crippen molar-refractivity contribution in [3.8, 4) is 0 Å². The Balaban J connectivity index is 1.59. The van der Waals surface area contributed by atoms with Crippen LogP contribution in [0.1, 0.15) is 44.4 Å². The molecule has 1 aromatic rings. The fraction of sp³-hybridized carbons (Fsp3) is 0.867. The van der Waals surface area contributed by atoms with Gasteiger partial charge in [0.1, 0.15) is 0 Å². The fourth-order valence-corrected chi connectivity index (χ4v) is 3.33. The minimum atomic E-state index is 0.239. The summed E-state index contributed by atoms with van der Waals surface area (Å²) in [6, 6.07) is 0.321. The molecule has 6 nitrogen and oxygen atoms in total. The van der Waals surface area contributed by atoms with Crippen molar-refractivity contribution in [3.05, 3.63) is 11.7 Å². The second-order valence-electron chi connectivity index (χ2n) is 7.10. The van der Waals surface area contributed by atoms with Crippen LogP contribution in [0, 0.1) is 5.41 Å². The zero-order valence-corrected chi connectivity index (χ0v) is 13.2. The Bertz CT molecular complexity index is 464.